The number of hydrogen-bond acceptors (Lipinski definition) is 6. The molecule has 0 radical (unpaired) electrons. The zero-order valence-corrected chi connectivity index (χ0v) is 19.4. The Morgan fingerprint density at radius 3 is 2.42 bits per heavy atom. The van der Waals surface area contributed by atoms with Crippen LogP contribution in [0.2, 0.25) is 0 Å². The summed E-state index contributed by atoms with van der Waals surface area (Å²) in [5.74, 6) is 1.44. The number of aryl methyl sites for hydroxylation is 2. The number of likely N-dealkylation sites (N-methyl/N-ethyl adjacent to an activating group) is 1. The summed E-state index contributed by atoms with van der Waals surface area (Å²) in [6, 6.07) is 9.84. The van der Waals surface area contributed by atoms with Crippen molar-refractivity contribution in [3.63, 3.8) is 0 Å². The number of ether oxygens (including phenoxy) is 2. The molecular formula is C24H29N3O3S. The quantitative estimate of drug-likeness (QED) is 0.535. The molecule has 0 spiro atoms. The Balaban J connectivity index is 1.71. The van der Waals surface area contributed by atoms with Crippen molar-refractivity contribution in [1.29, 1.82) is 0 Å². The first-order valence-corrected chi connectivity index (χ1v) is 11.6. The summed E-state index contributed by atoms with van der Waals surface area (Å²) in [5, 5.41) is 0.703. The van der Waals surface area contributed by atoms with Gasteiger partial charge in [-0.3, -0.25) is 9.69 Å². The van der Waals surface area contributed by atoms with Crippen molar-refractivity contribution in [2.45, 2.75) is 27.7 Å². The number of benzene rings is 2. The molecule has 31 heavy (non-hydrogen) atoms. The van der Waals surface area contributed by atoms with E-state index >= 15 is 0 Å². The lowest BCUT2D eigenvalue weighted by molar-refractivity contribution is 0.0983. The smallest absolute Gasteiger partial charge is 0.260 e. The van der Waals surface area contributed by atoms with E-state index in [0.29, 0.717) is 30.6 Å². The Hall–Kier alpha value is -2.64. The number of carbonyl (C=O) groups excluding carboxylic acids is 1. The van der Waals surface area contributed by atoms with Gasteiger partial charge in [0.25, 0.3) is 5.91 Å². The summed E-state index contributed by atoms with van der Waals surface area (Å²) in [4.78, 5) is 22.6. The van der Waals surface area contributed by atoms with Crippen LogP contribution >= 0.6 is 11.3 Å². The third kappa shape index (κ3) is 4.52. The van der Waals surface area contributed by atoms with Crippen LogP contribution in [-0.4, -0.2) is 55.2 Å². The number of aromatic nitrogens is 1. The topological polar surface area (TPSA) is 54.9 Å². The maximum absolute atomic E-state index is 13.6. The van der Waals surface area contributed by atoms with Gasteiger partial charge in [-0.15, -0.1) is 0 Å². The molecule has 0 unspecified atom stereocenters. The van der Waals surface area contributed by atoms with Crippen LogP contribution in [0.3, 0.4) is 0 Å². The highest BCUT2D eigenvalue weighted by molar-refractivity contribution is 7.22. The summed E-state index contributed by atoms with van der Waals surface area (Å²) in [6.45, 7) is 12.7. The average molecular weight is 440 g/mol. The highest BCUT2D eigenvalue weighted by Crippen LogP contribution is 2.39. The normalized spacial score (nSPS) is 13.1. The fourth-order valence-electron chi connectivity index (χ4n) is 3.83. The first-order chi connectivity index (χ1) is 15.0. The summed E-state index contributed by atoms with van der Waals surface area (Å²) in [7, 11) is 0. The number of carbonyl (C=O) groups is 1. The van der Waals surface area contributed by atoms with E-state index in [9.17, 15) is 4.79 Å². The van der Waals surface area contributed by atoms with Crippen LogP contribution < -0.4 is 14.4 Å². The van der Waals surface area contributed by atoms with Gasteiger partial charge < -0.3 is 14.4 Å². The number of anilines is 1. The number of fused-ring (bicyclic) bond motifs is 2. The summed E-state index contributed by atoms with van der Waals surface area (Å²) in [5.41, 5.74) is 3.67. The van der Waals surface area contributed by atoms with Crippen molar-refractivity contribution in [3.8, 4) is 11.5 Å². The van der Waals surface area contributed by atoms with Crippen molar-refractivity contribution in [2.24, 2.45) is 0 Å². The summed E-state index contributed by atoms with van der Waals surface area (Å²) in [6.07, 6.45) is 0. The van der Waals surface area contributed by atoms with Crippen LogP contribution in [0.5, 0.6) is 11.5 Å². The third-order valence-electron chi connectivity index (χ3n) is 5.66. The fourth-order valence-corrected chi connectivity index (χ4v) is 4.83. The van der Waals surface area contributed by atoms with Crippen molar-refractivity contribution >= 4 is 32.6 Å². The number of hydrogen-bond donors (Lipinski definition) is 0. The van der Waals surface area contributed by atoms with E-state index in [0.717, 1.165) is 52.3 Å². The van der Waals surface area contributed by atoms with E-state index < -0.39 is 0 Å². The molecule has 0 atom stereocenters. The molecule has 3 aromatic rings. The van der Waals surface area contributed by atoms with Gasteiger partial charge >= 0.3 is 0 Å². The Labute approximate surface area is 187 Å². The van der Waals surface area contributed by atoms with Gasteiger partial charge in [-0.1, -0.05) is 42.9 Å². The van der Waals surface area contributed by atoms with E-state index in [-0.39, 0.29) is 5.91 Å². The number of nitrogens with zero attached hydrogens (tertiary/aromatic N) is 3. The Bertz CT molecular complexity index is 1050. The lowest BCUT2D eigenvalue weighted by atomic mass is 10.0. The average Bonchev–Trinajstić information content (AvgIpc) is 3.17. The van der Waals surface area contributed by atoms with E-state index in [1.807, 2.05) is 43.0 Å². The molecule has 1 amide bonds. The Morgan fingerprint density at radius 1 is 1.03 bits per heavy atom. The van der Waals surface area contributed by atoms with Crippen LogP contribution in [0.25, 0.3) is 10.2 Å². The molecule has 7 heteroatoms. The molecule has 0 bridgehead atoms. The minimum Gasteiger partial charge on any atom is -0.486 e. The monoisotopic (exact) mass is 439 g/mol. The van der Waals surface area contributed by atoms with Crippen LogP contribution in [0.4, 0.5) is 5.13 Å². The maximum atomic E-state index is 13.6. The van der Waals surface area contributed by atoms with Crippen LogP contribution in [0.15, 0.2) is 30.3 Å². The van der Waals surface area contributed by atoms with Gasteiger partial charge in [0.1, 0.15) is 13.2 Å². The number of amides is 1. The minimum absolute atomic E-state index is 0.0130. The van der Waals surface area contributed by atoms with Crippen molar-refractivity contribution < 1.29 is 14.3 Å². The third-order valence-corrected chi connectivity index (χ3v) is 6.70. The maximum Gasteiger partial charge on any atom is 0.260 e. The predicted molar refractivity (Wildman–Crippen MR) is 126 cm³/mol. The van der Waals surface area contributed by atoms with Crippen molar-refractivity contribution in [3.05, 3.63) is 47.0 Å². The van der Waals surface area contributed by atoms with E-state index in [2.05, 4.69) is 24.8 Å². The van der Waals surface area contributed by atoms with Gasteiger partial charge in [0, 0.05) is 30.8 Å². The fraction of sp³-hybridized carbons (Fsp3) is 0.417. The zero-order chi connectivity index (χ0) is 22.0. The largest absolute Gasteiger partial charge is 0.486 e. The van der Waals surface area contributed by atoms with Crippen molar-refractivity contribution in [2.75, 3.05) is 44.3 Å². The van der Waals surface area contributed by atoms with E-state index in [4.69, 9.17) is 14.5 Å². The Kier molecular flexibility index (Phi) is 6.43. The lowest BCUT2D eigenvalue weighted by Crippen LogP contribution is -2.39. The lowest BCUT2D eigenvalue weighted by Gasteiger charge is -2.25. The summed E-state index contributed by atoms with van der Waals surface area (Å²) >= 11 is 1.52. The predicted octanol–water partition coefficient (Wildman–Crippen LogP) is 4.67. The second-order valence-electron chi connectivity index (χ2n) is 7.76. The van der Waals surface area contributed by atoms with Gasteiger partial charge in [-0.25, -0.2) is 4.98 Å². The molecule has 2 heterocycles. The summed E-state index contributed by atoms with van der Waals surface area (Å²) < 4.78 is 12.4. The van der Waals surface area contributed by atoms with Gasteiger partial charge in [0.15, 0.2) is 16.6 Å². The second-order valence-corrected chi connectivity index (χ2v) is 8.77. The molecule has 1 aliphatic heterocycles. The zero-order valence-electron chi connectivity index (χ0n) is 18.6. The molecule has 0 saturated carbocycles. The Morgan fingerprint density at radius 2 is 1.74 bits per heavy atom. The molecule has 6 nitrogen and oxygen atoms in total. The molecular weight excluding hydrogens is 410 g/mol. The van der Waals surface area contributed by atoms with Gasteiger partial charge in [0.2, 0.25) is 0 Å². The highest BCUT2D eigenvalue weighted by Gasteiger charge is 2.24. The van der Waals surface area contributed by atoms with Crippen LogP contribution in [0, 0.1) is 13.8 Å². The van der Waals surface area contributed by atoms with Gasteiger partial charge in [-0.2, -0.15) is 0 Å². The number of rotatable bonds is 7. The molecule has 2 aromatic carbocycles. The number of thiazole rings is 1. The van der Waals surface area contributed by atoms with Gasteiger partial charge in [0.05, 0.1) is 10.2 Å². The molecule has 4 rings (SSSR count). The molecule has 1 aliphatic rings. The van der Waals surface area contributed by atoms with Gasteiger partial charge in [-0.05, 0) is 38.6 Å². The minimum atomic E-state index is -0.0130. The second kappa shape index (κ2) is 9.24. The highest BCUT2D eigenvalue weighted by atomic mass is 32.1. The molecule has 0 fully saturated rings. The van der Waals surface area contributed by atoms with Crippen LogP contribution in [-0.2, 0) is 0 Å². The van der Waals surface area contributed by atoms with E-state index in [1.54, 1.807) is 0 Å². The first-order valence-electron chi connectivity index (χ1n) is 10.8. The molecule has 0 saturated heterocycles. The van der Waals surface area contributed by atoms with E-state index in [1.165, 1.54) is 11.3 Å². The molecule has 164 valence electrons. The molecule has 0 aliphatic carbocycles. The molecule has 1 aromatic heterocycles. The SMILES string of the molecule is CCN(CC)CCN(C(=O)c1ccc(C)cc1C)c1nc2cc3c(cc2s1)OCCO3. The van der Waals surface area contributed by atoms with Crippen molar-refractivity contribution in [1.82, 2.24) is 9.88 Å². The first kappa shape index (κ1) is 21.6. The standard InChI is InChI=1S/C24H29N3O3S/c1-5-26(6-2)9-10-27(23(28)18-8-7-16(3)13-17(18)4)24-25-19-14-20-21(15-22(19)31-24)30-12-11-29-20/h7-8,13-15H,5-6,9-12H2,1-4H3. The molecule has 0 N–H and O–H groups in total. The van der Waals surface area contributed by atoms with Crippen LogP contribution in [0.1, 0.15) is 35.3 Å².